The average molecular weight is 368 g/mol. The van der Waals surface area contributed by atoms with E-state index in [0.29, 0.717) is 39.1 Å². The first-order valence-corrected chi connectivity index (χ1v) is 10.8. The zero-order valence-electron chi connectivity index (χ0n) is 15.2. The van der Waals surface area contributed by atoms with Crippen molar-refractivity contribution in [2.24, 2.45) is 0 Å². The average Bonchev–Trinajstić information content (AvgIpc) is 2.60. The fraction of sp³-hybridized carbons (Fsp3) is 0.611. The third kappa shape index (κ3) is 6.76. The summed E-state index contributed by atoms with van der Waals surface area (Å²) in [6, 6.07) is 8.41. The fourth-order valence-electron chi connectivity index (χ4n) is 2.93. The Labute approximate surface area is 151 Å². The molecule has 7 heteroatoms. The third-order valence-electron chi connectivity index (χ3n) is 4.62. The van der Waals surface area contributed by atoms with E-state index < -0.39 is 10.0 Å². The number of hydrogen-bond acceptors (Lipinski definition) is 4. The van der Waals surface area contributed by atoms with Gasteiger partial charge in [-0.2, -0.15) is 4.31 Å². The van der Waals surface area contributed by atoms with Gasteiger partial charge in [0.25, 0.3) is 0 Å². The van der Waals surface area contributed by atoms with Gasteiger partial charge in [0.15, 0.2) is 0 Å². The summed E-state index contributed by atoms with van der Waals surface area (Å²) in [5.74, 6) is 0.0642. The van der Waals surface area contributed by atoms with Gasteiger partial charge in [-0.3, -0.25) is 9.69 Å². The Morgan fingerprint density at radius 1 is 1.08 bits per heavy atom. The summed E-state index contributed by atoms with van der Waals surface area (Å²) in [7, 11) is -3.08. The molecule has 0 saturated carbocycles. The molecule has 25 heavy (non-hydrogen) atoms. The Morgan fingerprint density at radius 3 is 2.24 bits per heavy atom. The summed E-state index contributed by atoms with van der Waals surface area (Å²) in [5, 5.41) is 2.95. The lowest BCUT2D eigenvalue weighted by Crippen LogP contribution is -2.49. The van der Waals surface area contributed by atoms with E-state index in [4.69, 9.17) is 0 Å². The van der Waals surface area contributed by atoms with Crippen LogP contribution in [0.3, 0.4) is 0 Å². The second-order valence-corrected chi connectivity index (χ2v) is 8.51. The van der Waals surface area contributed by atoms with Crippen molar-refractivity contribution in [3.05, 3.63) is 35.4 Å². The first kappa shape index (κ1) is 19.9. The number of nitrogens with zero attached hydrogens (tertiary/aromatic N) is 2. The molecule has 140 valence electrons. The standard InChI is InChI=1S/C18H29N3O3S/c1-3-16-4-6-17(7-5-16)8-9-18(22)19-10-11-20-12-14-21(15-13-20)25(2,23)24/h4-7H,3,8-15H2,1-2H3,(H,19,22). The third-order valence-corrected chi connectivity index (χ3v) is 5.93. The summed E-state index contributed by atoms with van der Waals surface area (Å²) < 4.78 is 24.4. The molecule has 6 nitrogen and oxygen atoms in total. The van der Waals surface area contributed by atoms with Gasteiger partial charge in [-0.1, -0.05) is 31.2 Å². The molecule has 1 fully saturated rings. The van der Waals surface area contributed by atoms with Crippen LogP contribution in [0.5, 0.6) is 0 Å². The summed E-state index contributed by atoms with van der Waals surface area (Å²) in [6.07, 6.45) is 3.52. The zero-order chi connectivity index (χ0) is 18.3. The predicted octanol–water partition coefficient (Wildman–Crippen LogP) is 0.875. The van der Waals surface area contributed by atoms with Crippen molar-refractivity contribution in [3.8, 4) is 0 Å². The summed E-state index contributed by atoms with van der Waals surface area (Å²) >= 11 is 0. The summed E-state index contributed by atoms with van der Waals surface area (Å²) in [4.78, 5) is 14.1. The lowest BCUT2D eigenvalue weighted by molar-refractivity contribution is -0.121. The Morgan fingerprint density at radius 2 is 1.68 bits per heavy atom. The van der Waals surface area contributed by atoms with Crippen LogP contribution in [0.4, 0.5) is 0 Å². The fourth-order valence-corrected chi connectivity index (χ4v) is 3.75. The van der Waals surface area contributed by atoms with Crippen molar-refractivity contribution >= 4 is 15.9 Å². The largest absolute Gasteiger partial charge is 0.355 e. The van der Waals surface area contributed by atoms with Crippen molar-refractivity contribution in [2.75, 3.05) is 45.5 Å². The minimum Gasteiger partial charge on any atom is -0.355 e. The molecule has 0 radical (unpaired) electrons. The molecule has 2 rings (SSSR count). The van der Waals surface area contributed by atoms with Crippen molar-refractivity contribution in [1.82, 2.24) is 14.5 Å². The van der Waals surface area contributed by atoms with Crippen LogP contribution in [-0.2, 0) is 27.7 Å². The van der Waals surface area contributed by atoms with Crippen molar-refractivity contribution in [1.29, 1.82) is 0 Å². The number of carbonyl (C=O) groups excluding carboxylic acids is 1. The zero-order valence-corrected chi connectivity index (χ0v) is 16.0. The Balaban J connectivity index is 1.61. The van der Waals surface area contributed by atoms with Gasteiger partial charge in [-0.25, -0.2) is 8.42 Å². The number of hydrogen-bond donors (Lipinski definition) is 1. The topological polar surface area (TPSA) is 69.7 Å². The van der Waals surface area contributed by atoms with Crippen LogP contribution in [0.2, 0.25) is 0 Å². The van der Waals surface area contributed by atoms with E-state index in [0.717, 1.165) is 19.4 Å². The number of carbonyl (C=O) groups is 1. The van der Waals surface area contributed by atoms with Crippen LogP contribution in [0, 0.1) is 0 Å². The molecule has 1 aliphatic heterocycles. The monoisotopic (exact) mass is 367 g/mol. The van der Waals surface area contributed by atoms with Gasteiger partial charge in [0.1, 0.15) is 0 Å². The number of aryl methyl sites for hydroxylation is 2. The van der Waals surface area contributed by atoms with Crippen molar-refractivity contribution in [3.63, 3.8) is 0 Å². The van der Waals surface area contributed by atoms with Crippen LogP contribution in [0.15, 0.2) is 24.3 Å². The molecule has 0 aromatic heterocycles. The maximum atomic E-state index is 11.9. The normalized spacial score (nSPS) is 16.7. The van der Waals surface area contributed by atoms with Crippen LogP contribution in [-0.4, -0.2) is 69.1 Å². The maximum Gasteiger partial charge on any atom is 0.220 e. The van der Waals surface area contributed by atoms with Gasteiger partial charge in [0.2, 0.25) is 15.9 Å². The number of rotatable bonds is 8. The first-order valence-electron chi connectivity index (χ1n) is 8.90. The molecule has 1 aliphatic rings. The molecule has 0 aliphatic carbocycles. The van der Waals surface area contributed by atoms with Gasteiger partial charge in [-0.05, 0) is 24.0 Å². The van der Waals surface area contributed by atoms with Gasteiger partial charge < -0.3 is 5.32 Å². The lowest BCUT2D eigenvalue weighted by atomic mass is 10.1. The molecule has 1 aromatic rings. The van der Waals surface area contributed by atoms with Crippen LogP contribution < -0.4 is 5.32 Å². The molecular weight excluding hydrogens is 338 g/mol. The van der Waals surface area contributed by atoms with Crippen LogP contribution in [0.1, 0.15) is 24.5 Å². The second kappa shape index (κ2) is 9.31. The Hall–Kier alpha value is -1.44. The van der Waals surface area contributed by atoms with E-state index in [1.807, 2.05) is 0 Å². The summed E-state index contributed by atoms with van der Waals surface area (Å²) in [5.41, 5.74) is 2.49. The number of sulfonamides is 1. The lowest BCUT2D eigenvalue weighted by Gasteiger charge is -2.33. The molecule has 0 bridgehead atoms. The minimum atomic E-state index is -3.08. The highest BCUT2D eigenvalue weighted by Gasteiger charge is 2.22. The molecule has 1 amide bonds. The molecule has 0 atom stereocenters. The minimum absolute atomic E-state index is 0.0642. The van der Waals surface area contributed by atoms with Gasteiger partial charge >= 0.3 is 0 Å². The Bertz CT molecular complexity index is 651. The first-order chi connectivity index (χ1) is 11.9. The van der Waals surface area contributed by atoms with Crippen molar-refractivity contribution < 1.29 is 13.2 Å². The molecule has 1 saturated heterocycles. The highest BCUT2D eigenvalue weighted by Crippen LogP contribution is 2.07. The van der Waals surface area contributed by atoms with E-state index in [9.17, 15) is 13.2 Å². The van der Waals surface area contributed by atoms with E-state index in [1.54, 1.807) is 0 Å². The molecule has 1 N–H and O–H groups in total. The molecule has 1 aromatic carbocycles. The second-order valence-electron chi connectivity index (χ2n) is 6.52. The predicted molar refractivity (Wildman–Crippen MR) is 100 cm³/mol. The van der Waals surface area contributed by atoms with Gasteiger partial charge in [0.05, 0.1) is 6.26 Å². The van der Waals surface area contributed by atoms with E-state index >= 15 is 0 Å². The van der Waals surface area contributed by atoms with Gasteiger partial charge in [0, 0.05) is 45.7 Å². The number of benzene rings is 1. The highest BCUT2D eigenvalue weighted by molar-refractivity contribution is 7.88. The quantitative estimate of drug-likeness (QED) is 0.740. The maximum absolute atomic E-state index is 11.9. The summed E-state index contributed by atoms with van der Waals surface area (Å²) in [6.45, 7) is 5.98. The highest BCUT2D eigenvalue weighted by atomic mass is 32.2. The molecule has 1 heterocycles. The van der Waals surface area contributed by atoms with Crippen LogP contribution >= 0.6 is 0 Å². The van der Waals surface area contributed by atoms with E-state index in [-0.39, 0.29) is 5.91 Å². The van der Waals surface area contributed by atoms with Gasteiger partial charge in [-0.15, -0.1) is 0 Å². The Kier molecular flexibility index (Phi) is 7.40. The van der Waals surface area contributed by atoms with Crippen molar-refractivity contribution in [2.45, 2.75) is 26.2 Å². The smallest absolute Gasteiger partial charge is 0.220 e. The van der Waals surface area contributed by atoms with E-state index in [1.165, 1.54) is 21.7 Å². The van der Waals surface area contributed by atoms with Crippen LogP contribution in [0.25, 0.3) is 0 Å². The number of piperazine rings is 1. The number of amides is 1. The molecule has 0 unspecified atom stereocenters. The molecular formula is C18H29N3O3S. The number of nitrogens with one attached hydrogen (secondary N) is 1. The van der Waals surface area contributed by atoms with E-state index in [2.05, 4.69) is 41.4 Å². The SMILES string of the molecule is CCc1ccc(CCC(=O)NCCN2CCN(S(C)(=O)=O)CC2)cc1. The molecule has 0 spiro atoms.